The van der Waals surface area contributed by atoms with Crippen molar-refractivity contribution in [2.24, 2.45) is 0 Å². The molecule has 0 aromatic carbocycles. The first kappa shape index (κ1) is 9.41. The van der Waals surface area contributed by atoms with Gasteiger partial charge in [0.05, 0.1) is 0 Å². The van der Waals surface area contributed by atoms with Crippen molar-refractivity contribution < 1.29 is 0 Å². The van der Waals surface area contributed by atoms with Gasteiger partial charge in [-0.25, -0.2) is 15.0 Å². The predicted molar refractivity (Wildman–Crippen MR) is 56.1 cm³/mol. The molecule has 4 nitrogen and oxygen atoms in total. The second-order valence-electron chi connectivity index (χ2n) is 3.19. The van der Waals surface area contributed by atoms with Gasteiger partial charge in [-0.1, -0.05) is 0 Å². The van der Waals surface area contributed by atoms with Crippen LogP contribution in [0.1, 0.15) is 23.0 Å². The largest absolute Gasteiger partial charge is 0.335 e. The van der Waals surface area contributed by atoms with Crippen LogP contribution >= 0.6 is 0 Å². The number of aromatic amines is 1. The summed E-state index contributed by atoms with van der Waals surface area (Å²) in [5.74, 6) is 6.87. The molecule has 0 fully saturated rings. The fourth-order valence-corrected chi connectivity index (χ4v) is 1.10. The summed E-state index contributed by atoms with van der Waals surface area (Å²) in [5.41, 5.74) is 1.90. The molecule has 0 saturated carbocycles. The van der Waals surface area contributed by atoms with Crippen LogP contribution < -0.4 is 0 Å². The van der Waals surface area contributed by atoms with Crippen molar-refractivity contribution in [2.75, 3.05) is 0 Å². The first-order valence-corrected chi connectivity index (χ1v) is 4.57. The Bertz CT molecular complexity index is 531. The Morgan fingerprint density at radius 3 is 2.73 bits per heavy atom. The molecule has 0 saturated heterocycles. The molecular weight excluding hydrogens is 188 g/mol. The molecule has 74 valence electrons. The van der Waals surface area contributed by atoms with Gasteiger partial charge in [-0.3, -0.25) is 0 Å². The SMILES string of the molecule is Cc1ccnc(C#Cc2ncc(C)[nH]2)n1. The molecule has 0 aliphatic carbocycles. The highest BCUT2D eigenvalue weighted by Gasteiger charge is 1.92. The number of aromatic nitrogens is 4. The monoisotopic (exact) mass is 198 g/mol. The van der Waals surface area contributed by atoms with Crippen LogP contribution in [0, 0.1) is 25.7 Å². The zero-order chi connectivity index (χ0) is 10.7. The lowest BCUT2D eigenvalue weighted by Crippen LogP contribution is -1.90. The fraction of sp³-hybridized carbons (Fsp3) is 0.182. The minimum Gasteiger partial charge on any atom is -0.335 e. The second kappa shape index (κ2) is 3.93. The van der Waals surface area contributed by atoms with E-state index >= 15 is 0 Å². The van der Waals surface area contributed by atoms with E-state index in [0.717, 1.165) is 11.4 Å². The van der Waals surface area contributed by atoms with Crippen molar-refractivity contribution in [2.45, 2.75) is 13.8 Å². The smallest absolute Gasteiger partial charge is 0.205 e. The van der Waals surface area contributed by atoms with Crippen molar-refractivity contribution in [3.63, 3.8) is 0 Å². The Hall–Kier alpha value is -2.15. The maximum Gasteiger partial charge on any atom is 0.205 e. The normalized spacial score (nSPS) is 9.47. The van der Waals surface area contributed by atoms with Crippen molar-refractivity contribution in [1.29, 1.82) is 0 Å². The van der Waals surface area contributed by atoms with Gasteiger partial charge < -0.3 is 4.98 Å². The zero-order valence-corrected chi connectivity index (χ0v) is 8.57. The summed E-state index contributed by atoms with van der Waals surface area (Å²) in [5, 5.41) is 0. The zero-order valence-electron chi connectivity index (χ0n) is 8.57. The number of imidazole rings is 1. The van der Waals surface area contributed by atoms with Crippen LogP contribution in [0.4, 0.5) is 0 Å². The van der Waals surface area contributed by atoms with Crippen LogP contribution in [0.5, 0.6) is 0 Å². The van der Waals surface area contributed by atoms with Gasteiger partial charge in [0.15, 0.2) is 5.82 Å². The van der Waals surface area contributed by atoms with E-state index in [0.29, 0.717) is 11.6 Å². The van der Waals surface area contributed by atoms with Gasteiger partial charge in [-0.05, 0) is 31.8 Å². The molecule has 0 aliphatic rings. The highest BCUT2D eigenvalue weighted by Crippen LogP contribution is 1.94. The summed E-state index contributed by atoms with van der Waals surface area (Å²) in [6.07, 6.45) is 3.43. The van der Waals surface area contributed by atoms with E-state index < -0.39 is 0 Å². The van der Waals surface area contributed by atoms with Gasteiger partial charge >= 0.3 is 0 Å². The number of H-pyrrole nitrogens is 1. The van der Waals surface area contributed by atoms with E-state index in [1.807, 2.05) is 19.9 Å². The molecule has 4 heteroatoms. The number of hydrogen-bond acceptors (Lipinski definition) is 3. The van der Waals surface area contributed by atoms with E-state index in [2.05, 4.69) is 31.8 Å². The van der Waals surface area contributed by atoms with Crippen LogP contribution in [0.3, 0.4) is 0 Å². The number of aryl methyl sites for hydroxylation is 2. The summed E-state index contributed by atoms with van der Waals surface area (Å²) in [4.78, 5) is 15.3. The van der Waals surface area contributed by atoms with Gasteiger partial charge in [-0.2, -0.15) is 0 Å². The van der Waals surface area contributed by atoms with E-state index in [9.17, 15) is 0 Å². The fourth-order valence-electron chi connectivity index (χ4n) is 1.10. The summed E-state index contributed by atoms with van der Waals surface area (Å²) in [6, 6.07) is 1.84. The quantitative estimate of drug-likeness (QED) is 0.647. The average Bonchev–Trinajstić information content (AvgIpc) is 2.62. The third-order valence-corrected chi connectivity index (χ3v) is 1.79. The lowest BCUT2D eigenvalue weighted by molar-refractivity contribution is 1.07. The van der Waals surface area contributed by atoms with Crippen LogP contribution in [-0.2, 0) is 0 Å². The third kappa shape index (κ3) is 2.41. The summed E-state index contributed by atoms with van der Waals surface area (Å²) in [6.45, 7) is 3.84. The van der Waals surface area contributed by atoms with Crippen molar-refractivity contribution in [3.05, 3.63) is 41.5 Å². The molecule has 0 amide bonds. The maximum absolute atomic E-state index is 4.17. The lowest BCUT2D eigenvalue weighted by Gasteiger charge is -1.89. The summed E-state index contributed by atoms with van der Waals surface area (Å²) in [7, 11) is 0. The second-order valence-corrected chi connectivity index (χ2v) is 3.19. The van der Waals surface area contributed by atoms with E-state index in [-0.39, 0.29) is 0 Å². The average molecular weight is 198 g/mol. The lowest BCUT2D eigenvalue weighted by atomic mass is 10.4. The highest BCUT2D eigenvalue weighted by molar-refractivity contribution is 5.30. The predicted octanol–water partition coefficient (Wildman–Crippen LogP) is 1.22. The van der Waals surface area contributed by atoms with E-state index in [4.69, 9.17) is 0 Å². The van der Waals surface area contributed by atoms with Crippen LogP contribution in [0.15, 0.2) is 18.5 Å². The molecule has 2 rings (SSSR count). The van der Waals surface area contributed by atoms with E-state index in [1.54, 1.807) is 12.4 Å². The molecule has 15 heavy (non-hydrogen) atoms. The molecule has 0 bridgehead atoms. The van der Waals surface area contributed by atoms with Gasteiger partial charge in [0.2, 0.25) is 5.82 Å². The summed E-state index contributed by atoms with van der Waals surface area (Å²) >= 11 is 0. The topological polar surface area (TPSA) is 54.5 Å². The van der Waals surface area contributed by atoms with Gasteiger partial charge in [-0.15, -0.1) is 0 Å². The first-order chi connectivity index (χ1) is 7.24. The Kier molecular flexibility index (Phi) is 2.46. The number of nitrogens with one attached hydrogen (secondary N) is 1. The van der Waals surface area contributed by atoms with Gasteiger partial charge in [0, 0.05) is 23.8 Å². The van der Waals surface area contributed by atoms with Crippen LogP contribution in [0.25, 0.3) is 0 Å². The van der Waals surface area contributed by atoms with E-state index in [1.165, 1.54) is 0 Å². The maximum atomic E-state index is 4.17. The number of hydrogen-bond donors (Lipinski definition) is 1. The molecule has 2 aromatic rings. The third-order valence-electron chi connectivity index (χ3n) is 1.79. The van der Waals surface area contributed by atoms with Crippen molar-refractivity contribution in [3.8, 4) is 11.8 Å². The summed E-state index contributed by atoms with van der Waals surface area (Å²) < 4.78 is 0. The van der Waals surface area contributed by atoms with Crippen molar-refractivity contribution >= 4 is 0 Å². The highest BCUT2D eigenvalue weighted by atomic mass is 14.9. The van der Waals surface area contributed by atoms with Crippen LogP contribution in [0.2, 0.25) is 0 Å². The molecule has 0 aliphatic heterocycles. The molecule has 0 atom stereocenters. The molecule has 0 unspecified atom stereocenters. The molecule has 0 radical (unpaired) electrons. The molecule has 0 spiro atoms. The number of rotatable bonds is 0. The molecule has 2 aromatic heterocycles. The number of nitrogens with zero attached hydrogens (tertiary/aromatic N) is 3. The minimum atomic E-state index is 0.518. The van der Waals surface area contributed by atoms with Crippen molar-refractivity contribution in [1.82, 2.24) is 19.9 Å². The standard InChI is InChI=1S/C11H10N4/c1-8-5-6-12-10(14-8)3-4-11-13-7-9(2)15-11/h5-7H,1-2H3,(H,13,15). The Morgan fingerprint density at radius 1 is 1.20 bits per heavy atom. The molecule has 1 N–H and O–H groups in total. The molecule has 2 heterocycles. The Labute approximate surface area is 87.8 Å². The first-order valence-electron chi connectivity index (χ1n) is 4.57. The Morgan fingerprint density at radius 2 is 2.07 bits per heavy atom. The minimum absolute atomic E-state index is 0.518. The molecular formula is C11H10N4. The van der Waals surface area contributed by atoms with Crippen LogP contribution in [-0.4, -0.2) is 19.9 Å². The Balaban J connectivity index is 2.25. The van der Waals surface area contributed by atoms with Gasteiger partial charge in [0.1, 0.15) is 0 Å². The van der Waals surface area contributed by atoms with Gasteiger partial charge in [0.25, 0.3) is 0 Å².